The molecule has 0 unspecified atom stereocenters. The van der Waals surface area contributed by atoms with Gasteiger partial charge in [-0.2, -0.15) is 4.31 Å². The smallest absolute Gasteiger partial charge is 0.328 e. The maximum absolute atomic E-state index is 13.3. The van der Waals surface area contributed by atoms with Gasteiger partial charge in [0.2, 0.25) is 10.0 Å². The molecule has 1 aliphatic heterocycles. The maximum atomic E-state index is 13.3. The van der Waals surface area contributed by atoms with Gasteiger partial charge in [-0.1, -0.05) is 6.42 Å². The standard InChI is InChI=1S/C19H25N3O5S/c1-21-17(23)14-11-13(6-7-15(14)20-18(21)24)28(25,26)22-10-4-9-19(12-22)8-3-5-16(19)27-2/h6-7,11,16H,3-5,8-10,12H2,1-2H3,(H,20,24)/t16-,19+/m1/s1. The van der Waals surface area contributed by atoms with Crippen molar-refractivity contribution in [3.05, 3.63) is 39.0 Å². The topological polar surface area (TPSA) is 101 Å². The number of H-pyrrole nitrogens is 1. The lowest BCUT2D eigenvalue weighted by molar-refractivity contribution is -0.0184. The van der Waals surface area contributed by atoms with Crippen LogP contribution in [-0.2, 0) is 21.8 Å². The second kappa shape index (κ2) is 6.82. The average molecular weight is 407 g/mol. The number of ether oxygens (including phenoxy) is 1. The van der Waals surface area contributed by atoms with Crippen LogP contribution < -0.4 is 11.2 Å². The Bertz CT molecular complexity index is 1140. The summed E-state index contributed by atoms with van der Waals surface area (Å²) in [4.78, 5) is 26.8. The van der Waals surface area contributed by atoms with Gasteiger partial charge in [-0.25, -0.2) is 13.2 Å². The van der Waals surface area contributed by atoms with E-state index in [1.54, 1.807) is 7.11 Å². The van der Waals surface area contributed by atoms with E-state index in [4.69, 9.17) is 4.74 Å². The molecule has 1 aromatic heterocycles. The molecule has 2 heterocycles. The van der Waals surface area contributed by atoms with Gasteiger partial charge in [-0.15, -0.1) is 0 Å². The highest BCUT2D eigenvalue weighted by atomic mass is 32.2. The molecular weight excluding hydrogens is 382 g/mol. The summed E-state index contributed by atoms with van der Waals surface area (Å²) in [7, 11) is -0.689. The minimum atomic E-state index is -3.75. The average Bonchev–Trinajstić information content (AvgIpc) is 3.07. The number of benzene rings is 1. The van der Waals surface area contributed by atoms with Gasteiger partial charge in [-0.3, -0.25) is 9.36 Å². The Balaban J connectivity index is 1.74. The van der Waals surface area contributed by atoms with E-state index in [0.29, 0.717) is 18.6 Å². The third-order valence-electron chi connectivity index (χ3n) is 6.39. The Morgan fingerprint density at radius 2 is 1.96 bits per heavy atom. The monoisotopic (exact) mass is 407 g/mol. The molecule has 0 bridgehead atoms. The molecule has 2 aliphatic rings. The zero-order chi connectivity index (χ0) is 20.1. The number of piperidine rings is 1. The van der Waals surface area contributed by atoms with Crippen LogP contribution in [-0.4, -0.2) is 48.6 Å². The van der Waals surface area contributed by atoms with Crippen molar-refractivity contribution >= 4 is 20.9 Å². The molecule has 152 valence electrons. The largest absolute Gasteiger partial charge is 0.381 e. The van der Waals surface area contributed by atoms with Crippen LogP contribution in [0, 0.1) is 5.41 Å². The van der Waals surface area contributed by atoms with E-state index in [1.807, 2.05) is 0 Å². The molecule has 1 spiro atoms. The van der Waals surface area contributed by atoms with E-state index in [9.17, 15) is 18.0 Å². The van der Waals surface area contributed by atoms with Crippen LogP contribution in [0.25, 0.3) is 10.9 Å². The third kappa shape index (κ3) is 2.92. The highest BCUT2D eigenvalue weighted by Gasteiger charge is 2.48. The summed E-state index contributed by atoms with van der Waals surface area (Å²) >= 11 is 0. The number of nitrogens with one attached hydrogen (secondary N) is 1. The summed E-state index contributed by atoms with van der Waals surface area (Å²) in [6, 6.07) is 4.31. The molecule has 1 N–H and O–H groups in total. The molecule has 4 rings (SSSR count). The van der Waals surface area contributed by atoms with Crippen LogP contribution >= 0.6 is 0 Å². The van der Waals surface area contributed by atoms with Gasteiger partial charge in [0.05, 0.1) is 21.9 Å². The third-order valence-corrected chi connectivity index (χ3v) is 8.23. The van der Waals surface area contributed by atoms with E-state index in [2.05, 4.69) is 4.98 Å². The van der Waals surface area contributed by atoms with E-state index >= 15 is 0 Å². The molecule has 8 nitrogen and oxygen atoms in total. The van der Waals surface area contributed by atoms with Gasteiger partial charge in [0.15, 0.2) is 0 Å². The minimum absolute atomic E-state index is 0.0770. The first-order valence-corrected chi connectivity index (χ1v) is 11.0. The number of methoxy groups -OCH3 is 1. The van der Waals surface area contributed by atoms with E-state index < -0.39 is 21.3 Å². The first-order chi connectivity index (χ1) is 13.3. The fourth-order valence-corrected chi connectivity index (χ4v) is 6.46. The Kier molecular flexibility index (Phi) is 4.71. The normalized spacial score (nSPS) is 26.3. The molecule has 0 amide bonds. The Hall–Kier alpha value is -1.97. The predicted molar refractivity (Wildman–Crippen MR) is 105 cm³/mol. The van der Waals surface area contributed by atoms with Crippen molar-refractivity contribution in [1.82, 2.24) is 13.9 Å². The van der Waals surface area contributed by atoms with Gasteiger partial charge >= 0.3 is 5.69 Å². The molecule has 9 heteroatoms. The number of aromatic amines is 1. The van der Waals surface area contributed by atoms with Crippen molar-refractivity contribution in [1.29, 1.82) is 0 Å². The summed E-state index contributed by atoms with van der Waals surface area (Å²) < 4.78 is 34.8. The number of nitrogens with zero attached hydrogens (tertiary/aromatic N) is 2. The minimum Gasteiger partial charge on any atom is -0.381 e. The summed E-state index contributed by atoms with van der Waals surface area (Å²) in [6.45, 7) is 0.900. The number of rotatable bonds is 3. The number of hydrogen-bond donors (Lipinski definition) is 1. The molecule has 1 aliphatic carbocycles. The van der Waals surface area contributed by atoms with Gasteiger partial charge in [0.25, 0.3) is 5.56 Å². The zero-order valence-corrected chi connectivity index (χ0v) is 16.9. The van der Waals surface area contributed by atoms with Crippen LogP contribution in [0.15, 0.2) is 32.7 Å². The number of sulfonamides is 1. The van der Waals surface area contributed by atoms with Crippen LogP contribution in [0.5, 0.6) is 0 Å². The molecule has 1 saturated heterocycles. The highest BCUT2D eigenvalue weighted by molar-refractivity contribution is 7.89. The van der Waals surface area contributed by atoms with Gasteiger partial charge in [0.1, 0.15) is 0 Å². The Labute approximate surface area is 163 Å². The zero-order valence-electron chi connectivity index (χ0n) is 16.1. The van der Waals surface area contributed by atoms with Crippen molar-refractivity contribution in [2.75, 3.05) is 20.2 Å². The molecule has 2 atom stereocenters. The maximum Gasteiger partial charge on any atom is 0.328 e. The first kappa shape index (κ1) is 19.4. The lowest BCUT2D eigenvalue weighted by Crippen LogP contribution is -2.49. The van der Waals surface area contributed by atoms with Crippen LogP contribution in [0.2, 0.25) is 0 Å². The molecule has 2 aromatic rings. The van der Waals surface area contributed by atoms with Crippen molar-refractivity contribution in [3.63, 3.8) is 0 Å². The van der Waals surface area contributed by atoms with E-state index in [0.717, 1.165) is 36.7 Å². The van der Waals surface area contributed by atoms with Crippen molar-refractivity contribution in [3.8, 4) is 0 Å². The van der Waals surface area contributed by atoms with Gasteiger partial charge in [0, 0.05) is 32.7 Å². The lowest BCUT2D eigenvalue weighted by Gasteiger charge is -2.43. The SMILES string of the molecule is CO[C@@H]1CCC[C@@]12CCCN(S(=O)(=O)c1ccc3[nH]c(=O)n(C)c(=O)c3c1)C2. The predicted octanol–water partition coefficient (Wildman–Crippen LogP) is 1.20. The summed E-state index contributed by atoms with van der Waals surface area (Å²) in [6.07, 6.45) is 4.82. The molecule has 0 radical (unpaired) electrons. The first-order valence-electron chi connectivity index (χ1n) is 9.54. The molecule has 1 aromatic carbocycles. The molecular formula is C19H25N3O5S. The highest BCUT2D eigenvalue weighted by Crippen LogP contribution is 2.47. The van der Waals surface area contributed by atoms with Crippen LogP contribution in [0.1, 0.15) is 32.1 Å². The second-order valence-electron chi connectivity index (χ2n) is 7.92. The van der Waals surface area contributed by atoms with Crippen LogP contribution in [0.3, 0.4) is 0 Å². The molecule has 2 fully saturated rings. The number of hydrogen-bond acceptors (Lipinski definition) is 5. The van der Waals surface area contributed by atoms with E-state index in [-0.39, 0.29) is 21.8 Å². The fourth-order valence-electron chi connectivity index (χ4n) is 4.85. The van der Waals surface area contributed by atoms with Gasteiger partial charge < -0.3 is 9.72 Å². The number of aromatic nitrogens is 2. The van der Waals surface area contributed by atoms with E-state index in [1.165, 1.54) is 29.6 Å². The van der Waals surface area contributed by atoms with Crippen molar-refractivity contribution < 1.29 is 13.2 Å². The van der Waals surface area contributed by atoms with Crippen molar-refractivity contribution in [2.45, 2.75) is 43.1 Å². The Morgan fingerprint density at radius 1 is 1.21 bits per heavy atom. The number of fused-ring (bicyclic) bond motifs is 1. The van der Waals surface area contributed by atoms with Crippen LogP contribution in [0.4, 0.5) is 0 Å². The Morgan fingerprint density at radius 3 is 2.71 bits per heavy atom. The van der Waals surface area contributed by atoms with Gasteiger partial charge in [-0.05, 0) is 43.9 Å². The quantitative estimate of drug-likeness (QED) is 0.824. The summed E-state index contributed by atoms with van der Waals surface area (Å²) in [5, 5.41) is 0.186. The lowest BCUT2D eigenvalue weighted by atomic mass is 9.77. The second-order valence-corrected chi connectivity index (χ2v) is 9.86. The summed E-state index contributed by atoms with van der Waals surface area (Å²) in [5.41, 5.74) is -0.838. The van der Waals surface area contributed by atoms with Crippen molar-refractivity contribution in [2.24, 2.45) is 12.5 Å². The molecule has 28 heavy (non-hydrogen) atoms. The molecule has 1 saturated carbocycles. The summed E-state index contributed by atoms with van der Waals surface area (Å²) in [5.74, 6) is 0. The fraction of sp³-hybridized carbons (Fsp3) is 0.579.